The predicted molar refractivity (Wildman–Crippen MR) is 212 cm³/mol. The zero-order chi connectivity index (χ0) is 36.1. The largest absolute Gasteiger partial charge is 0.497 e. The van der Waals surface area contributed by atoms with Crippen molar-refractivity contribution in [1.82, 2.24) is 0 Å². The van der Waals surface area contributed by atoms with Crippen LogP contribution >= 0.6 is 0 Å². The fraction of sp³-hybridized carbons (Fsp3) is 0.592. The number of fused-ring (bicyclic) bond motifs is 5. The van der Waals surface area contributed by atoms with Crippen molar-refractivity contribution in [2.45, 2.75) is 112 Å². The first-order chi connectivity index (χ1) is 24.1. The molecule has 2 aromatic carbocycles. The summed E-state index contributed by atoms with van der Waals surface area (Å²) in [6.07, 6.45) is 21.7. The molecule has 272 valence electrons. The average Bonchev–Trinajstić information content (AvgIpc) is 3.76. The molecule has 0 heterocycles. The summed E-state index contributed by atoms with van der Waals surface area (Å²) in [5.41, 5.74) is 10.1. The Kier molecular flexibility index (Phi) is 8.25. The molecule has 2 heteroatoms. The van der Waals surface area contributed by atoms with Gasteiger partial charge >= 0.3 is 0 Å². The second-order valence-corrected chi connectivity index (χ2v) is 20.0. The molecule has 6 aliphatic rings. The van der Waals surface area contributed by atoms with Gasteiger partial charge in [0.1, 0.15) is 11.5 Å². The molecule has 4 unspecified atom stereocenters. The maximum atomic E-state index is 5.79. The van der Waals surface area contributed by atoms with E-state index in [1.807, 2.05) is 0 Å². The summed E-state index contributed by atoms with van der Waals surface area (Å²) in [7, 11) is 3.60. The summed E-state index contributed by atoms with van der Waals surface area (Å²) < 4.78 is 11.6. The van der Waals surface area contributed by atoms with Crippen molar-refractivity contribution in [2.75, 3.05) is 14.2 Å². The minimum absolute atomic E-state index is 0.162. The van der Waals surface area contributed by atoms with E-state index in [9.17, 15) is 0 Å². The highest BCUT2D eigenvalue weighted by Gasteiger charge is 2.62. The second-order valence-electron chi connectivity index (χ2n) is 20.0. The lowest BCUT2D eigenvalue weighted by Gasteiger charge is -2.52. The van der Waals surface area contributed by atoms with Gasteiger partial charge in [0.05, 0.1) is 14.2 Å². The van der Waals surface area contributed by atoms with Crippen molar-refractivity contribution in [2.24, 2.45) is 57.2 Å². The summed E-state index contributed by atoms with van der Waals surface area (Å²) in [6, 6.07) is 18.7. The molecule has 8 rings (SSSR count). The van der Waals surface area contributed by atoms with Crippen molar-refractivity contribution in [1.29, 1.82) is 0 Å². The van der Waals surface area contributed by atoms with Crippen LogP contribution in [-0.2, 0) is 5.41 Å². The lowest BCUT2D eigenvalue weighted by molar-refractivity contribution is 0.152. The first-order valence-electron chi connectivity index (χ1n) is 20.3. The van der Waals surface area contributed by atoms with Crippen LogP contribution in [0.2, 0.25) is 0 Å². The lowest BCUT2D eigenvalue weighted by Crippen LogP contribution is -2.48. The number of benzene rings is 2. The van der Waals surface area contributed by atoms with Gasteiger partial charge in [-0.1, -0.05) is 117 Å². The Bertz CT molecular complexity index is 1660. The number of rotatable bonds is 6. The highest BCUT2D eigenvalue weighted by atomic mass is 16.5. The highest BCUT2D eigenvalue weighted by molar-refractivity contribution is 5.55. The minimum atomic E-state index is -0.162. The van der Waals surface area contributed by atoms with Crippen LogP contribution in [0.3, 0.4) is 0 Å². The number of hydrogen-bond donors (Lipinski definition) is 0. The first-order valence-corrected chi connectivity index (χ1v) is 20.3. The number of methoxy groups -OCH3 is 2. The van der Waals surface area contributed by atoms with E-state index in [1.54, 1.807) is 36.5 Å². The Morgan fingerprint density at radius 2 is 0.784 bits per heavy atom. The monoisotopic (exact) mass is 684 g/mol. The normalized spacial score (nSPS) is 31.5. The molecule has 0 radical (unpaired) electrons. The van der Waals surface area contributed by atoms with E-state index in [-0.39, 0.29) is 27.1 Å². The summed E-state index contributed by atoms with van der Waals surface area (Å²) in [4.78, 5) is 0. The van der Waals surface area contributed by atoms with Crippen LogP contribution in [0.4, 0.5) is 0 Å². The topological polar surface area (TPSA) is 18.5 Å². The summed E-state index contributed by atoms with van der Waals surface area (Å²) >= 11 is 0. The third-order valence-corrected chi connectivity index (χ3v) is 15.5. The summed E-state index contributed by atoms with van der Waals surface area (Å²) in [5, 5.41) is 0. The summed E-state index contributed by atoms with van der Waals surface area (Å²) in [5.74, 6) is 4.69. The zero-order valence-corrected chi connectivity index (χ0v) is 33.4. The number of allylic oxidation sites excluding steroid dienone is 8. The molecule has 0 saturated heterocycles. The molecular formula is C49H64O2. The van der Waals surface area contributed by atoms with Crippen molar-refractivity contribution >= 4 is 0 Å². The molecule has 0 aromatic heterocycles. The van der Waals surface area contributed by atoms with E-state index in [1.165, 1.54) is 62.5 Å². The van der Waals surface area contributed by atoms with Crippen molar-refractivity contribution in [3.05, 3.63) is 106 Å². The van der Waals surface area contributed by atoms with Gasteiger partial charge in [-0.05, 0) is 153 Å². The molecule has 0 bridgehead atoms. The quantitative estimate of drug-likeness (QED) is 0.301. The van der Waals surface area contributed by atoms with Gasteiger partial charge in [0.15, 0.2) is 0 Å². The van der Waals surface area contributed by atoms with Gasteiger partial charge in [-0.2, -0.15) is 0 Å². The maximum Gasteiger partial charge on any atom is 0.118 e. The van der Waals surface area contributed by atoms with Gasteiger partial charge in [0.25, 0.3) is 0 Å². The lowest BCUT2D eigenvalue weighted by atomic mass is 9.51. The SMILES string of the molecule is COc1ccc(C(c2ccc(OC)cc2)(C2CCCC2)C2C3C=C4C(=CC3C3C=C5C(=CC32)C(C)(C)CCC5(C)C)C(C)(C)CCC4(C)C)cc1. The fourth-order valence-corrected chi connectivity index (χ4v) is 12.4. The number of ether oxygens (including phenoxy) is 2. The van der Waals surface area contributed by atoms with Crippen LogP contribution < -0.4 is 9.47 Å². The van der Waals surface area contributed by atoms with Gasteiger partial charge < -0.3 is 9.47 Å². The minimum Gasteiger partial charge on any atom is -0.497 e. The molecule has 0 amide bonds. The molecular weight excluding hydrogens is 621 g/mol. The Hall–Kier alpha value is -3.00. The Morgan fingerprint density at radius 3 is 1.10 bits per heavy atom. The van der Waals surface area contributed by atoms with Crippen LogP contribution in [0, 0.1) is 57.2 Å². The van der Waals surface area contributed by atoms with Gasteiger partial charge in [-0.3, -0.25) is 0 Å². The third-order valence-electron chi connectivity index (χ3n) is 15.5. The van der Waals surface area contributed by atoms with Crippen molar-refractivity contribution in [3.63, 3.8) is 0 Å². The van der Waals surface area contributed by atoms with E-state index in [4.69, 9.17) is 9.47 Å². The smallest absolute Gasteiger partial charge is 0.118 e. The molecule has 4 atom stereocenters. The highest BCUT2D eigenvalue weighted by Crippen LogP contribution is 2.69. The van der Waals surface area contributed by atoms with Crippen LogP contribution in [0.25, 0.3) is 0 Å². The van der Waals surface area contributed by atoms with Crippen molar-refractivity contribution < 1.29 is 9.47 Å². The van der Waals surface area contributed by atoms with Crippen LogP contribution in [0.15, 0.2) is 95.1 Å². The zero-order valence-electron chi connectivity index (χ0n) is 33.4. The molecule has 51 heavy (non-hydrogen) atoms. The van der Waals surface area contributed by atoms with E-state index >= 15 is 0 Å². The summed E-state index contributed by atoms with van der Waals surface area (Å²) in [6.45, 7) is 20.2. The number of hydrogen-bond acceptors (Lipinski definition) is 2. The molecule has 2 aromatic rings. The van der Waals surface area contributed by atoms with Gasteiger partial charge in [-0.15, -0.1) is 0 Å². The van der Waals surface area contributed by atoms with Gasteiger partial charge in [0.2, 0.25) is 0 Å². The Morgan fingerprint density at radius 1 is 0.471 bits per heavy atom. The molecule has 2 nitrogen and oxygen atoms in total. The standard InChI is InChI=1S/C49H64O2/c1-45(2)23-25-47(5,6)42-29-38-36(27-40(42)45)37-28-41-43(48(7,8)26-24-46(41,3)4)30-39(37)44(38)49(31-13-11-12-14-31,32-15-19-34(50-9)20-16-32)33-17-21-35(51-10)22-18-33/h15-22,27-31,36-39,44H,11-14,23-26H2,1-10H3. The van der Waals surface area contributed by atoms with Crippen LogP contribution in [-0.4, -0.2) is 14.2 Å². The van der Waals surface area contributed by atoms with Crippen LogP contribution in [0.5, 0.6) is 11.5 Å². The van der Waals surface area contributed by atoms with Gasteiger partial charge in [-0.25, -0.2) is 0 Å². The van der Waals surface area contributed by atoms with E-state index in [0.717, 1.165) is 11.5 Å². The van der Waals surface area contributed by atoms with E-state index < -0.39 is 0 Å². The molecule has 4 fully saturated rings. The third kappa shape index (κ3) is 5.30. The average molecular weight is 685 g/mol. The predicted octanol–water partition coefficient (Wildman–Crippen LogP) is 12.7. The maximum absolute atomic E-state index is 5.79. The Balaban J connectivity index is 1.45. The molecule has 0 N–H and O–H groups in total. The first kappa shape index (κ1) is 35.1. The second kappa shape index (κ2) is 12.0. The molecule has 6 aliphatic carbocycles. The van der Waals surface area contributed by atoms with E-state index in [0.29, 0.717) is 35.5 Å². The fourth-order valence-electron chi connectivity index (χ4n) is 12.4. The van der Waals surface area contributed by atoms with E-state index in [2.05, 4.69) is 128 Å². The van der Waals surface area contributed by atoms with Crippen LogP contribution in [0.1, 0.15) is 118 Å². The molecule has 4 saturated carbocycles. The molecule has 0 aliphatic heterocycles. The molecule has 0 spiro atoms. The van der Waals surface area contributed by atoms with Crippen molar-refractivity contribution in [3.8, 4) is 11.5 Å². The Labute approximate surface area is 309 Å². The van der Waals surface area contributed by atoms with Gasteiger partial charge in [0, 0.05) is 5.41 Å².